The topological polar surface area (TPSA) is 150 Å². The molecule has 0 N–H and O–H groups in total. The van der Waals surface area contributed by atoms with Gasteiger partial charge in [0, 0.05) is 63.3 Å². The van der Waals surface area contributed by atoms with Crippen LogP contribution in [0, 0.1) is 17.3 Å². The number of nitrogens with zero attached hydrogens (tertiary/aromatic N) is 5. The average molecular weight is 822 g/mol. The van der Waals surface area contributed by atoms with Gasteiger partial charge in [-0.2, -0.15) is 0 Å². The van der Waals surface area contributed by atoms with Crippen LogP contribution in [0.15, 0.2) is 42.9 Å². The molecule has 0 spiro atoms. The van der Waals surface area contributed by atoms with E-state index in [1.165, 1.54) is 6.33 Å². The second-order valence-electron chi connectivity index (χ2n) is 17.8. The van der Waals surface area contributed by atoms with Crippen molar-refractivity contribution in [3.05, 3.63) is 59.7 Å². The Morgan fingerprint density at radius 3 is 2.47 bits per heavy atom. The van der Waals surface area contributed by atoms with E-state index in [2.05, 4.69) is 28.7 Å². The van der Waals surface area contributed by atoms with Gasteiger partial charge in [0.2, 0.25) is 5.91 Å². The molecule has 3 aliphatic heterocycles. The van der Waals surface area contributed by atoms with Crippen LogP contribution in [0.5, 0.6) is 0 Å². The molecule has 1 aromatic carbocycles. The van der Waals surface area contributed by atoms with E-state index < -0.39 is 47.4 Å². The van der Waals surface area contributed by atoms with Crippen LogP contribution < -0.4 is 0 Å². The molecule has 59 heavy (non-hydrogen) atoms. The van der Waals surface area contributed by atoms with E-state index >= 15 is 0 Å². The minimum Gasteiger partial charge on any atom is -0.463 e. The van der Waals surface area contributed by atoms with Crippen molar-refractivity contribution in [1.82, 2.24) is 24.7 Å². The first kappa shape index (κ1) is 46.2. The minimum atomic E-state index is -1.55. The second kappa shape index (κ2) is 20.2. The van der Waals surface area contributed by atoms with E-state index in [1.54, 1.807) is 58.3 Å². The smallest absolute Gasteiger partial charge is 0.338 e. The van der Waals surface area contributed by atoms with Gasteiger partial charge in [0.25, 0.3) is 0 Å². The van der Waals surface area contributed by atoms with Crippen LogP contribution in [0.4, 0.5) is 0 Å². The molecule has 1 aromatic heterocycles. The number of benzene rings is 1. The summed E-state index contributed by atoms with van der Waals surface area (Å²) in [6, 6.07) is 8.26. The van der Waals surface area contributed by atoms with Gasteiger partial charge in [0.05, 0.1) is 35.1 Å². The Balaban J connectivity index is 1.44. The summed E-state index contributed by atoms with van der Waals surface area (Å²) < 4.78 is 32.1. The molecule has 0 bridgehead atoms. The van der Waals surface area contributed by atoms with Crippen molar-refractivity contribution in [1.29, 1.82) is 0 Å². The van der Waals surface area contributed by atoms with Crippen LogP contribution in [0.2, 0.25) is 0 Å². The number of aromatic nitrogens is 2. The van der Waals surface area contributed by atoms with Gasteiger partial charge < -0.3 is 33.5 Å². The van der Waals surface area contributed by atoms with Gasteiger partial charge in [0.1, 0.15) is 18.3 Å². The quantitative estimate of drug-likeness (QED) is 0.218. The standard InChI is InChI=1S/C45H67N5O9/c1-11-20-49-25-29(2)23-45(7,55-10)40(59-42-38(36(48(8)9)22-30(3)57-42)58-41(53)32-15-13-12-14-16-32)31(4)39(52)44(5,6)43(54)56-27-34(49)17-18-37(51)50-21-19-35-33(26-50)24-46-28-47-35/h12-16,24,28-31,34,36,38,40,42H,11,17-23,25-27H2,1-10H3/t29-,30-,31+,34-,36+,38-,40-,42+,45-/m1/s1. The zero-order chi connectivity index (χ0) is 43.1. The van der Waals surface area contributed by atoms with E-state index in [1.807, 2.05) is 43.8 Å². The summed E-state index contributed by atoms with van der Waals surface area (Å²) in [5.74, 6) is -2.38. The Morgan fingerprint density at radius 1 is 1.07 bits per heavy atom. The first-order chi connectivity index (χ1) is 28.0. The highest BCUT2D eigenvalue weighted by Crippen LogP contribution is 2.39. The lowest BCUT2D eigenvalue weighted by Gasteiger charge is -2.48. The van der Waals surface area contributed by atoms with Gasteiger partial charge in [-0.1, -0.05) is 39.0 Å². The lowest BCUT2D eigenvalue weighted by molar-refractivity contribution is -0.295. The monoisotopic (exact) mass is 821 g/mol. The Bertz CT molecular complexity index is 1740. The van der Waals surface area contributed by atoms with Gasteiger partial charge in [-0.25, -0.2) is 14.8 Å². The molecule has 0 saturated carbocycles. The molecular weight excluding hydrogens is 755 g/mol. The number of ether oxygens (including phenoxy) is 5. The summed E-state index contributed by atoms with van der Waals surface area (Å²) in [6.45, 7) is 15.5. The van der Waals surface area contributed by atoms with Crippen LogP contribution in [-0.4, -0.2) is 138 Å². The first-order valence-corrected chi connectivity index (χ1v) is 21.3. The number of cyclic esters (lactones) is 1. The van der Waals surface area contributed by atoms with Crippen molar-refractivity contribution >= 4 is 23.6 Å². The third-order valence-corrected chi connectivity index (χ3v) is 12.5. The second-order valence-corrected chi connectivity index (χ2v) is 17.8. The maximum absolute atomic E-state index is 14.7. The Kier molecular flexibility index (Phi) is 15.8. The summed E-state index contributed by atoms with van der Waals surface area (Å²) >= 11 is 0. The molecule has 1 amide bonds. The predicted octanol–water partition coefficient (Wildman–Crippen LogP) is 5.12. The molecule has 2 saturated heterocycles. The fourth-order valence-electron chi connectivity index (χ4n) is 9.11. The fraction of sp³-hybridized carbons (Fsp3) is 0.689. The van der Waals surface area contributed by atoms with Crippen LogP contribution in [-0.2, 0) is 51.0 Å². The molecule has 14 heteroatoms. The van der Waals surface area contributed by atoms with Gasteiger partial charge >= 0.3 is 11.9 Å². The molecule has 2 aromatic rings. The molecule has 14 nitrogen and oxygen atoms in total. The van der Waals surface area contributed by atoms with Gasteiger partial charge in [-0.3, -0.25) is 19.3 Å². The van der Waals surface area contributed by atoms with Crippen LogP contribution in [0.3, 0.4) is 0 Å². The molecule has 4 heterocycles. The highest BCUT2D eigenvalue weighted by molar-refractivity contribution is 6.04. The molecular formula is C45H67N5O9. The summed E-state index contributed by atoms with van der Waals surface area (Å²) in [5, 5.41) is 0. The highest BCUT2D eigenvalue weighted by atomic mass is 16.7. The van der Waals surface area contributed by atoms with Gasteiger partial charge in [-0.05, 0) is 92.1 Å². The summed E-state index contributed by atoms with van der Waals surface area (Å²) in [7, 11) is 5.47. The van der Waals surface area contributed by atoms with E-state index in [-0.39, 0.29) is 48.8 Å². The predicted molar refractivity (Wildman–Crippen MR) is 221 cm³/mol. The van der Waals surface area contributed by atoms with Crippen molar-refractivity contribution in [2.45, 2.75) is 136 Å². The molecule has 3 aliphatic rings. The Labute approximate surface area is 350 Å². The van der Waals surface area contributed by atoms with Crippen molar-refractivity contribution in [3.63, 3.8) is 0 Å². The summed E-state index contributed by atoms with van der Waals surface area (Å²) in [6.07, 6.45) is 3.54. The van der Waals surface area contributed by atoms with Gasteiger partial charge in [0.15, 0.2) is 18.2 Å². The number of Topliss-reactive ketones (excluding diaryl/α,β-unsaturated/α-hetero) is 1. The van der Waals surface area contributed by atoms with E-state index in [0.29, 0.717) is 57.4 Å². The lowest BCUT2D eigenvalue weighted by Crippen LogP contribution is -2.60. The number of rotatable bonds is 11. The van der Waals surface area contributed by atoms with Crippen molar-refractivity contribution in [2.24, 2.45) is 17.3 Å². The molecule has 0 radical (unpaired) electrons. The third kappa shape index (κ3) is 11.1. The summed E-state index contributed by atoms with van der Waals surface area (Å²) in [5.41, 5.74) is -0.288. The average Bonchev–Trinajstić information content (AvgIpc) is 3.22. The van der Waals surface area contributed by atoms with E-state index in [4.69, 9.17) is 23.7 Å². The number of hydrogen-bond acceptors (Lipinski definition) is 13. The molecule has 0 unspecified atom stereocenters. The van der Waals surface area contributed by atoms with Crippen molar-refractivity contribution < 1.29 is 42.9 Å². The zero-order valence-corrected chi connectivity index (χ0v) is 36.8. The maximum atomic E-state index is 14.7. The first-order valence-electron chi connectivity index (χ1n) is 21.3. The Hall–Kier alpha value is -3.82. The van der Waals surface area contributed by atoms with Crippen LogP contribution in [0.25, 0.3) is 0 Å². The summed E-state index contributed by atoms with van der Waals surface area (Å²) in [4.78, 5) is 70.6. The number of hydrogen-bond donors (Lipinski definition) is 0. The highest BCUT2D eigenvalue weighted by Gasteiger charge is 2.52. The normalized spacial score (nSPS) is 31.0. The largest absolute Gasteiger partial charge is 0.463 e. The lowest BCUT2D eigenvalue weighted by atomic mass is 9.74. The number of carbonyl (C=O) groups excluding carboxylic acids is 4. The Morgan fingerprint density at radius 2 is 1.80 bits per heavy atom. The van der Waals surface area contributed by atoms with E-state index in [9.17, 15) is 19.2 Å². The molecule has 326 valence electrons. The van der Waals surface area contributed by atoms with Crippen LogP contribution in [0.1, 0.15) is 102 Å². The van der Waals surface area contributed by atoms with Crippen LogP contribution >= 0.6 is 0 Å². The molecule has 0 aliphatic carbocycles. The number of carbonyl (C=O) groups is 4. The number of esters is 2. The third-order valence-electron chi connectivity index (χ3n) is 12.5. The maximum Gasteiger partial charge on any atom is 0.338 e. The molecule has 5 rings (SSSR count). The number of ketones is 1. The number of amides is 1. The zero-order valence-electron chi connectivity index (χ0n) is 36.8. The molecule has 2 fully saturated rings. The number of fused-ring (bicyclic) bond motifs is 1. The number of likely N-dealkylation sites (N-methyl/N-ethyl adjacent to an activating group) is 1. The SMILES string of the molecule is CCCN1C[C@H](C)C[C@@](C)(OC)[C@H](O[C@@H]2O[C@H](C)C[C@H](N(C)C)[C@H]2OC(=O)c2ccccc2)[C@@H](C)C(=O)C(C)(C)C(=O)OC[C@H]1CCC(=O)N1CCc2ncncc2C1. The fourth-order valence-corrected chi connectivity index (χ4v) is 9.11. The molecule has 9 atom stereocenters. The number of methoxy groups -OCH3 is 1. The minimum absolute atomic E-state index is 0.00795. The van der Waals surface area contributed by atoms with E-state index in [0.717, 1.165) is 17.7 Å². The van der Waals surface area contributed by atoms with Crippen molar-refractivity contribution in [2.75, 3.05) is 47.4 Å². The van der Waals surface area contributed by atoms with Gasteiger partial charge in [-0.15, -0.1) is 0 Å². The van der Waals surface area contributed by atoms with Crippen molar-refractivity contribution in [3.8, 4) is 0 Å².